The van der Waals surface area contributed by atoms with Gasteiger partial charge in [-0.2, -0.15) is 0 Å². The average molecular weight is 313 g/mol. The first-order valence-electron chi connectivity index (χ1n) is 5.47. The van der Waals surface area contributed by atoms with Gasteiger partial charge >= 0.3 is 0 Å². The molecule has 1 heterocycles. The molecule has 0 aromatic carbocycles. The summed E-state index contributed by atoms with van der Waals surface area (Å²) in [5.41, 5.74) is 0.441. The fourth-order valence-corrected chi connectivity index (χ4v) is 3.79. The SMILES string of the molecule is O=C(NC1CCCCC1Cl)c1cc(Cl)sc1Cl. The molecule has 2 rings (SSSR count). The molecule has 6 heteroatoms. The smallest absolute Gasteiger partial charge is 0.253 e. The summed E-state index contributed by atoms with van der Waals surface area (Å²) in [5.74, 6) is -0.185. The maximum atomic E-state index is 12.0. The van der Waals surface area contributed by atoms with Crippen LogP contribution in [0.1, 0.15) is 36.0 Å². The molecule has 1 aliphatic carbocycles. The number of carbonyl (C=O) groups is 1. The van der Waals surface area contributed by atoms with Gasteiger partial charge in [0.25, 0.3) is 5.91 Å². The van der Waals surface area contributed by atoms with Crippen LogP contribution >= 0.6 is 46.1 Å². The molecule has 0 radical (unpaired) electrons. The Kier molecular flexibility index (Phi) is 4.59. The predicted octanol–water partition coefficient (Wildman–Crippen LogP) is 4.33. The van der Waals surface area contributed by atoms with Gasteiger partial charge in [-0.3, -0.25) is 4.79 Å². The number of hydrogen-bond acceptors (Lipinski definition) is 2. The lowest BCUT2D eigenvalue weighted by Crippen LogP contribution is -2.42. The van der Waals surface area contributed by atoms with Gasteiger partial charge in [-0.05, 0) is 18.9 Å². The molecule has 1 aromatic rings. The van der Waals surface area contributed by atoms with E-state index >= 15 is 0 Å². The van der Waals surface area contributed by atoms with Crippen LogP contribution in [-0.4, -0.2) is 17.3 Å². The first-order chi connectivity index (χ1) is 8.08. The number of carbonyl (C=O) groups excluding carboxylic acids is 1. The van der Waals surface area contributed by atoms with E-state index in [4.69, 9.17) is 34.8 Å². The third-order valence-corrected chi connectivity index (χ3v) is 4.91. The standard InChI is InChI=1S/C11H12Cl3NOS/c12-7-3-1-2-4-8(7)15-11(16)6-5-9(13)17-10(6)14/h5,7-8H,1-4H2,(H,15,16). The topological polar surface area (TPSA) is 29.1 Å². The van der Waals surface area contributed by atoms with Crippen LogP contribution in [0.25, 0.3) is 0 Å². The van der Waals surface area contributed by atoms with Crippen molar-refractivity contribution in [3.05, 3.63) is 20.3 Å². The van der Waals surface area contributed by atoms with Crippen LogP contribution in [0.2, 0.25) is 8.67 Å². The number of halogens is 3. The van der Waals surface area contributed by atoms with E-state index in [1.807, 2.05) is 0 Å². The number of rotatable bonds is 2. The molecule has 1 aromatic heterocycles. The second kappa shape index (κ2) is 5.79. The van der Waals surface area contributed by atoms with Crippen molar-refractivity contribution in [3.63, 3.8) is 0 Å². The van der Waals surface area contributed by atoms with Crippen molar-refractivity contribution in [2.45, 2.75) is 37.1 Å². The number of nitrogens with one attached hydrogen (secondary N) is 1. The van der Waals surface area contributed by atoms with Crippen molar-refractivity contribution >= 4 is 52.0 Å². The highest BCUT2D eigenvalue weighted by Gasteiger charge is 2.26. The lowest BCUT2D eigenvalue weighted by molar-refractivity contribution is 0.0929. The van der Waals surface area contributed by atoms with Crippen molar-refractivity contribution in [2.24, 2.45) is 0 Å². The van der Waals surface area contributed by atoms with Crippen LogP contribution in [0.15, 0.2) is 6.07 Å². The van der Waals surface area contributed by atoms with Gasteiger partial charge in [0.1, 0.15) is 4.34 Å². The quantitative estimate of drug-likeness (QED) is 0.809. The number of thiophene rings is 1. The van der Waals surface area contributed by atoms with Crippen LogP contribution in [0.3, 0.4) is 0 Å². The van der Waals surface area contributed by atoms with E-state index < -0.39 is 0 Å². The molecule has 0 spiro atoms. The summed E-state index contributed by atoms with van der Waals surface area (Å²) in [6.45, 7) is 0. The molecule has 2 nitrogen and oxygen atoms in total. The van der Waals surface area contributed by atoms with Crippen molar-refractivity contribution in [2.75, 3.05) is 0 Å². The minimum Gasteiger partial charge on any atom is -0.348 e. The van der Waals surface area contributed by atoms with Crippen molar-refractivity contribution in [3.8, 4) is 0 Å². The van der Waals surface area contributed by atoms with Gasteiger partial charge in [-0.15, -0.1) is 22.9 Å². The molecule has 1 aliphatic rings. The maximum absolute atomic E-state index is 12.0. The predicted molar refractivity (Wildman–Crippen MR) is 73.7 cm³/mol. The molecule has 1 saturated carbocycles. The fourth-order valence-electron chi connectivity index (χ4n) is 1.99. The number of amides is 1. The summed E-state index contributed by atoms with van der Waals surface area (Å²) >= 11 is 19.1. The van der Waals surface area contributed by atoms with Gasteiger partial charge in [0.2, 0.25) is 0 Å². The van der Waals surface area contributed by atoms with Gasteiger partial charge < -0.3 is 5.32 Å². The van der Waals surface area contributed by atoms with E-state index in [1.54, 1.807) is 6.07 Å². The minimum absolute atomic E-state index is 0.0144. The van der Waals surface area contributed by atoms with Crippen molar-refractivity contribution in [1.82, 2.24) is 5.32 Å². The van der Waals surface area contributed by atoms with Crippen LogP contribution in [0.4, 0.5) is 0 Å². The third-order valence-electron chi connectivity index (χ3n) is 2.90. The maximum Gasteiger partial charge on any atom is 0.253 e. The van der Waals surface area contributed by atoms with Crippen LogP contribution in [-0.2, 0) is 0 Å². The Morgan fingerprint density at radius 1 is 1.35 bits per heavy atom. The molecule has 2 atom stereocenters. The molecule has 94 valence electrons. The molecule has 0 aliphatic heterocycles. The number of alkyl halides is 1. The molecule has 17 heavy (non-hydrogen) atoms. The zero-order valence-electron chi connectivity index (χ0n) is 9.01. The highest BCUT2D eigenvalue weighted by Crippen LogP contribution is 2.31. The highest BCUT2D eigenvalue weighted by molar-refractivity contribution is 7.20. The monoisotopic (exact) mass is 311 g/mol. The van der Waals surface area contributed by atoms with Gasteiger partial charge in [-0.25, -0.2) is 0 Å². The molecule has 0 bridgehead atoms. The van der Waals surface area contributed by atoms with Crippen LogP contribution in [0, 0.1) is 0 Å². The molecule has 1 N–H and O–H groups in total. The van der Waals surface area contributed by atoms with Crippen molar-refractivity contribution in [1.29, 1.82) is 0 Å². The Morgan fingerprint density at radius 2 is 2.06 bits per heavy atom. The van der Waals surface area contributed by atoms with Gasteiger partial charge in [-0.1, -0.05) is 36.0 Å². The summed E-state index contributed by atoms with van der Waals surface area (Å²) in [4.78, 5) is 12.0. The van der Waals surface area contributed by atoms with E-state index in [0.29, 0.717) is 14.2 Å². The normalized spacial score (nSPS) is 24.6. The Morgan fingerprint density at radius 3 is 2.65 bits per heavy atom. The van der Waals surface area contributed by atoms with Gasteiger partial charge in [0, 0.05) is 6.04 Å². The van der Waals surface area contributed by atoms with Gasteiger partial charge in [0.15, 0.2) is 0 Å². The Hall–Kier alpha value is 0.0400. The molecule has 0 saturated heterocycles. The summed E-state index contributed by atoms with van der Waals surface area (Å²) < 4.78 is 0.945. The lowest BCUT2D eigenvalue weighted by Gasteiger charge is -2.27. The lowest BCUT2D eigenvalue weighted by atomic mass is 9.95. The molecule has 1 amide bonds. The second-order valence-corrected chi connectivity index (χ2v) is 6.96. The van der Waals surface area contributed by atoms with Crippen LogP contribution < -0.4 is 5.32 Å². The largest absolute Gasteiger partial charge is 0.348 e. The van der Waals surface area contributed by atoms with E-state index in [9.17, 15) is 4.79 Å². The zero-order chi connectivity index (χ0) is 12.4. The second-order valence-electron chi connectivity index (χ2n) is 4.12. The van der Waals surface area contributed by atoms with Crippen LogP contribution in [0.5, 0.6) is 0 Å². The summed E-state index contributed by atoms with van der Waals surface area (Å²) in [6.07, 6.45) is 4.11. The Labute approximate surface area is 119 Å². The zero-order valence-corrected chi connectivity index (χ0v) is 12.1. The summed E-state index contributed by atoms with van der Waals surface area (Å²) in [5, 5.41) is 2.95. The summed E-state index contributed by atoms with van der Waals surface area (Å²) in [6, 6.07) is 1.63. The highest BCUT2D eigenvalue weighted by atomic mass is 35.5. The Balaban J connectivity index is 2.03. The number of hydrogen-bond donors (Lipinski definition) is 1. The Bertz CT molecular complexity index is 421. The van der Waals surface area contributed by atoms with Crippen molar-refractivity contribution < 1.29 is 4.79 Å². The first kappa shape index (κ1) is 13.5. The van der Waals surface area contributed by atoms with Gasteiger partial charge in [0.05, 0.1) is 15.3 Å². The minimum atomic E-state index is -0.185. The first-order valence-corrected chi connectivity index (χ1v) is 7.48. The van der Waals surface area contributed by atoms with E-state index in [-0.39, 0.29) is 17.3 Å². The molecule has 2 unspecified atom stereocenters. The molecular formula is C11H12Cl3NOS. The molecule has 1 fully saturated rings. The van der Waals surface area contributed by atoms with E-state index in [2.05, 4.69) is 5.32 Å². The van der Waals surface area contributed by atoms with E-state index in [0.717, 1.165) is 25.7 Å². The third kappa shape index (κ3) is 3.28. The van der Waals surface area contributed by atoms with E-state index in [1.165, 1.54) is 11.3 Å². The summed E-state index contributed by atoms with van der Waals surface area (Å²) in [7, 11) is 0. The fraction of sp³-hybridized carbons (Fsp3) is 0.545. The average Bonchev–Trinajstić information content (AvgIpc) is 2.61. The molecular weight excluding hydrogens is 301 g/mol.